The van der Waals surface area contributed by atoms with Gasteiger partial charge in [0, 0.05) is 80.3 Å². The number of halogens is 4. The molecule has 0 aliphatic carbocycles. The Kier molecular flexibility index (Phi) is 20.1. The van der Waals surface area contributed by atoms with Crippen LogP contribution in [0.3, 0.4) is 0 Å². The normalized spacial score (nSPS) is 19.0. The van der Waals surface area contributed by atoms with Crippen molar-refractivity contribution in [3.63, 3.8) is 0 Å². The van der Waals surface area contributed by atoms with Gasteiger partial charge in [0.1, 0.15) is 42.8 Å². The highest BCUT2D eigenvalue weighted by Gasteiger charge is 2.58. The van der Waals surface area contributed by atoms with E-state index in [0.717, 1.165) is 4.90 Å². The van der Waals surface area contributed by atoms with Crippen LogP contribution in [0.15, 0.2) is 85.1 Å². The molecule has 4 heterocycles. The average molecular weight is 1120 g/mol. The summed E-state index contributed by atoms with van der Waals surface area (Å²) in [5.74, 6) is -4.27. The molecule has 79 heavy (non-hydrogen) atoms. The number of benzene rings is 3. The highest BCUT2D eigenvalue weighted by Crippen LogP contribution is 2.44. The fourth-order valence-electron chi connectivity index (χ4n) is 10.3. The number of likely N-dealkylation sites (tertiary alicyclic amines) is 2. The lowest BCUT2D eigenvalue weighted by Gasteiger charge is -2.48. The molecule has 4 aromatic rings. The molecule has 0 radical (unpaired) electrons. The van der Waals surface area contributed by atoms with E-state index in [1.54, 1.807) is 79.8 Å². The maximum Gasteiger partial charge on any atom is 0.410 e. The Balaban J connectivity index is 0.987. The Morgan fingerprint density at radius 1 is 0.924 bits per heavy atom. The Hall–Kier alpha value is -7.10. The minimum absolute atomic E-state index is 0.0166. The highest BCUT2D eigenvalue weighted by molar-refractivity contribution is 6.30. The maximum atomic E-state index is 15.5. The number of amides is 7. The van der Waals surface area contributed by atoms with E-state index in [-0.39, 0.29) is 91.4 Å². The smallest absolute Gasteiger partial charge is 0.410 e. The first-order chi connectivity index (χ1) is 37.7. The first-order valence-corrected chi connectivity index (χ1v) is 26.9. The zero-order valence-corrected chi connectivity index (χ0v) is 45.9. The van der Waals surface area contributed by atoms with Crippen LogP contribution in [0.1, 0.15) is 96.1 Å². The van der Waals surface area contributed by atoms with Crippen molar-refractivity contribution in [1.29, 1.82) is 0 Å². The second-order valence-electron chi connectivity index (χ2n) is 20.8. The predicted molar refractivity (Wildman–Crippen MR) is 287 cm³/mol. The summed E-state index contributed by atoms with van der Waals surface area (Å²) < 4.78 is 65.2. The summed E-state index contributed by atoms with van der Waals surface area (Å²) >= 11 is 6.33. The van der Waals surface area contributed by atoms with Crippen LogP contribution in [0.25, 0.3) is 11.3 Å². The molecule has 2 unspecified atom stereocenters. The number of nitrogens with one attached hydrogen (secondary N) is 3. The number of anilines is 1. The van der Waals surface area contributed by atoms with E-state index in [1.807, 2.05) is 6.92 Å². The first kappa shape index (κ1) is 59.6. The lowest BCUT2D eigenvalue weighted by atomic mass is 9.85. The van der Waals surface area contributed by atoms with E-state index in [2.05, 4.69) is 16.0 Å². The third-order valence-corrected chi connectivity index (χ3v) is 14.6. The molecular formula is C57H68ClF3N8O10. The minimum atomic E-state index is -1.27. The van der Waals surface area contributed by atoms with Crippen LogP contribution in [0.2, 0.25) is 5.02 Å². The monoisotopic (exact) mass is 1120 g/mol. The number of hydrogen-bond acceptors (Lipinski definition) is 11. The number of fused-ring (bicyclic) bond motifs is 1. The average Bonchev–Trinajstić information content (AvgIpc) is 4.28. The molecule has 6 atom stereocenters. The first-order valence-electron chi connectivity index (χ1n) is 26.5. The van der Waals surface area contributed by atoms with Gasteiger partial charge in [-0.25, -0.2) is 22.9 Å². The molecule has 7 rings (SSSR count). The summed E-state index contributed by atoms with van der Waals surface area (Å²) in [6.45, 7) is 7.84. The maximum absolute atomic E-state index is 15.5. The fraction of sp³-hybridized carbons (Fsp3) is 0.474. The molecule has 18 nitrogen and oxygen atoms in total. The molecular weight excluding hydrogens is 1050 g/mol. The number of piperidine rings is 1. The largest absolute Gasteiger partial charge is 0.445 e. The van der Waals surface area contributed by atoms with E-state index in [0.29, 0.717) is 42.5 Å². The third kappa shape index (κ3) is 14.6. The molecule has 2 fully saturated rings. The Morgan fingerprint density at radius 2 is 1.66 bits per heavy atom. The summed E-state index contributed by atoms with van der Waals surface area (Å²) in [7, 11) is 1.49. The Morgan fingerprint density at radius 3 is 2.33 bits per heavy atom. The van der Waals surface area contributed by atoms with Gasteiger partial charge in [0.15, 0.2) is 6.10 Å². The summed E-state index contributed by atoms with van der Waals surface area (Å²) in [4.78, 5) is 101. The van der Waals surface area contributed by atoms with Crippen LogP contribution < -0.4 is 16.0 Å². The van der Waals surface area contributed by atoms with Crippen LogP contribution in [0, 0.1) is 23.5 Å². The van der Waals surface area contributed by atoms with Crippen molar-refractivity contribution in [2.45, 2.75) is 122 Å². The van der Waals surface area contributed by atoms with Crippen LogP contribution in [-0.4, -0.2) is 136 Å². The molecule has 0 spiro atoms. The highest BCUT2D eigenvalue weighted by atomic mass is 35.5. The van der Waals surface area contributed by atoms with E-state index in [9.17, 15) is 33.2 Å². The standard InChI is InChI=1S/C57H68ClF3N8O10/c1-7-24-78-51-50-37(31-68(55(51)75)52(57(4,5)77-6)53-64-44(42-27-38(58)17-20-43(42)61)32-66(53)30-36-12-11-13-39(60)25-36)26-41(28-59)69(50)56(76)79-33-35-15-18-40(19-16-35)63-46(71)29-62-54(74)49(34(2)3)65-45(70)14-9-8-10-23-67-47(72)21-22-48(67)73/h11-13,15-22,25,27,32,34,37,41,49-52H,7-10,14,23-24,26,28-31,33H2,1-6H3,(H,62,74)(H,63,71)(H,65,70)/t37-,41+,49?,50?,51+,52+/m1/s1. The van der Waals surface area contributed by atoms with Gasteiger partial charge in [-0.1, -0.05) is 63.1 Å². The number of rotatable bonds is 25. The van der Waals surface area contributed by atoms with E-state index >= 15 is 13.6 Å². The summed E-state index contributed by atoms with van der Waals surface area (Å²) in [5, 5.41) is 8.26. The molecule has 0 bridgehead atoms. The predicted octanol–water partition coefficient (Wildman–Crippen LogP) is 7.68. The number of carbonyl (C=O) groups excluding carboxylic acids is 7. The van der Waals surface area contributed by atoms with Gasteiger partial charge in [0.05, 0.1) is 29.9 Å². The number of carbonyl (C=O) groups is 7. The minimum Gasteiger partial charge on any atom is -0.445 e. The van der Waals surface area contributed by atoms with Crippen molar-refractivity contribution < 1.29 is 60.9 Å². The summed E-state index contributed by atoms with van der Waals surface area (Å²) in [5.41, 5.74) is 0.581. The molecule has 3 aromatic carbocycles. The van der Waals surface area contributed by atoms with E-state index in [4.69, 9.17) is 30.8 Å². The van der Waals surface area contributed by atoms with Gasteiger partial charge in [-0.15, -0.1) is 0 Å². The summed E-state index contributed by atoms with van der Waals surface area (Å²) in [6, 6.07) is 12.7. The quantitative estimate of drug-likeness (QED) is 0.0433. The van der Waals surface area contributed by atoms with Gasteiger partial charge in [-0.05, 0) is 99.0 Å². The van der Waals surface area contributed by atoms with Crippen molar-refractivity contribution in [3.05, 3.63) is 119 Å². The Bertz CT molecular complexity index is 2880. The number of imide groups is 1. The number of imidazole rings is 1. The molecule has 3 aliphatic rings. The van der Waals surface area contributed by atoms with Crippen LogP contribution >= 0.6 is 11.6 Å². The van der Waals surface area contributed by atoms with Gasteiger partial charge in [-0.3, -0.25) is 38.6 Å². The zero-order chi connectivity index (χ0) is 57.1. The Labute approximate surface area is 462 Å². The van der Waals surface area contributed by atoms with Gasteiger partial charge in [0.25, 0.3) is 17.7 Å². The zero-order valence-electron chi connectivity index (χ0n) is 45.1. The molecule has 0 saturated carbocycles. The van der Waals surface area contributed by atoms with E-state index < -0.39 is 90.5 Å². The second-order valence-corrected chi connectivity index (χ2v) is 21.3. The van der Waals surface area contributed by atoms with Crippen molar-refractivity contribution in [3.8, 4) is 11.3 Å². The third-order valence-electron chi connectivity index (χ3n) is 14.4. The number of ether oxygens (including phenoxy) is 3. The molecule has 22 heteroatoms. The lowest BCUT2D eigenvalue weighted by Crippen LogP contribution is -2.63. The molecule has 2 saturated heterocycles. The van der Waals surface area contributed by atoms with Gasteiger partial charge < -0.3 is 39.6 Å². The van der Waals surface area contributed by atoms with Gasteiger partial charge in [0.2, 0.25) is 17.7 Å². The molecule has 3 N–H and O–H groups in total. The van der Waals surface area contributed by atoms with Crippen LogP contribution in [0.4, 0.5) is 23.7 Å². The van der Waals surface area contributed by atoms with Crippen molar-refractivity contribution in [1.82, 2.24) is 34.9 Å². The van der Waals surface area contributed by atoms with Crippen LogP contribution in [0.5, 0.6) is 0 Å². The molecule has 3 aliphatic heterocycles. The van der Waals surface area contributed by atoms with Gasteiger partial charge >= 0.3 is 6.09 Å². The number of unbranched alkanes of at least 4 members (excludes halogenated alkanes) is 2. The SMILES string of the molecule is CCCO[C@@H]1C(=O)N([C@@H](c2nc(-c3cc(Cl)ccc3F)cn2Cc2cccc(F)c2)C(C)(C)OC)C[C@H]2C[C@@H](CF)N(C(=O)OCc3ccc(NC(=O)CNC(=O)C(NC(=O)CCCCCN4C(=O)C=CC4=O)C(C)C)cc3)C21. The number of hydrogen-bond donors (Lipinski definition) is 3. The topological polar surface area (TPSA) is 211 Å². The van der Waals surface area contributed by atoms with Crippen molar-refractivity contribution in [2.75, 3.05) is 45.3 Å². The molecule has 7 amide bonds. The van der Waals surface area contributed by atoms with E-state index in [1.165, 1.54) is 54.5 Å². The summed E-state index contributed by atoms with van der Waals surface area (Å²) in [6.07, 6.45) is 4.32. The number of nitrogens with zero attached hydrogens (tertiary/aromatic N) is 5. The molecule has 1 aromatic heterocycles. The molecule has 424 valence electrons. The van der Waals surface area contributed by atoms with Crippen LogP contribution in [-0.2, 0) is 56.1 Å². The lowest BCUT2D eigenvalue weighted by molar-refractivity contribution is -0.168. The number of aromatic nitrogens is 2. The van der Waals surface area contributed by atoms with Crippen molar-refractivity contribution >= 4 is 58.8 Å². The number of methoxy groups -OCH3 is 1. The number of alkyl halides is 1. The fourth-order valence-corrected chi connectivity index (χ4v) is 10.4. The van der Waals surface area contributed by atoms with Crippen molar-refractivity contribution in [2.24, 2.45) is 11.8 Å². The second kappa shape index (κ2) is 26.7. The van der Waals surface area contributed by atoms with Gasteiger partial charge in [-0.2, -0.15) is 0 Å².